The third kappa shape index (κ3) is 11.6. The summed E-state index contributed by atoms with van der Waals surface area (Å²) in [5.74, 6) is 1.54. The Hall–Kier alpha value is -1.51. The van der Waals surface area contributed by atoms with Gasteiger partial charge in [-0.1, -0.05) is 31.5 Å². The molecular formula is C18H31IN4O2. The number of amides is 1. The van der Waals surface area contributed by atoms with Crippen LogP contribution in [0.3, 0.4) is 0 Å². The largest absolute Gasteiger partial charge is 0.494 e. The van der Waals surface area contributed by atoms with Crippen LogP contribution in [0.5, 0.6) is 5.75 Å². The molecule has 0 unspecified atom stereocenters. The van der Waals surface area contributed by atoms with Gasteiger partial charge in [0.2, 0.25) is 5.91 Å². The molecule has 0 radical (unpaired) electrons. The number of hydrogen-bond donors (Lipinski definition) is 2. The Kier molecular flexibility index (Phi) is 13.9. The van der Waals surface area contributed by atoms with Crippen LogP contribution in [0.1, 0.15) is 26.2 Å². The lowest BCUT2D eigenvalue weighted by atomic mass is 10.3. The highest BCUT2D eigenvalue weighted by Crippen LogP contribution is 2.07. The van der Waals surface area contributed by atoms with Gasteiger partial charge in [0.25, 0.3) is 0 Å². The lowest BCUT2D eigenvalue weighted by Crippen LogP contribution is -2.39. The summed E-state index contributed by atoms with van der Waals surface area (Å²) in [5, 5.41) is 6.50. The van der Waals surface area contributed by atoms with Gasteiger partial charge in [0.15, 0.2) is 5.96 Å². The first-order valence-electron chi connectivity index (χ1n) is 8.53. The Morgan fingerprint density at radius 1 is 1.12 bits per heavy atom. The van der Waals surface area contributed by atoms with Crippen LogP contribution in [-0.4, -0.2) is 57.1 Å². The van der Waals surface area contributed by atoms with Crippen molar-refractivity contribution in [2.75, 3.05) is 40.3 Å². The summed E-state index contributed by atoms with van der Waals surface area (Å²) in [6.07, 6.45) is 3.03. The smallest absolute Gasteiger partial charge is 0.243 e. The molecule has 7 heteroatoms. The molecule has 2 N–H and O–H groups in total. The van der Waals surface area contributed by atoms with Crippen LogP contribution in [-0.2, 0) is 4.79 Å². The van der Waals surface area contributed by atoms with Crippen molar-refractivity contribution in [3.63, 3.8) is 0 Å². The van der Waals surface area contributed by atoms with Gasteiger partial charge in [0.05, 0.1) is 6.61 Å². The third-order valence-electron chi connectivity index (χ3n) is 3.32. The second kappa shape index (κ2) is 14.8. The van der Waals surface area contributed by atoms with E-state index in [1.54, 1.807) is 19.0 Å². The Labute approximate surface area is 168 Å². The minimum Gasteiger partial charge on any atom is -0.494 e. The molecule has 0 fully saturated rings. The fraction of sp³-hybridized carbons (Fsp3) is 0.556. The standard InChI is InChI=1S/C18H30N4O2.HI/c1-4-5-12-19-18(21-15-17(23)22(2)3)20-13-9-14-24-16-10-7-6-8-11-16;/h6-8,10-11H,4-5,9,12-15H2,1-3H3,(H2,19,20,21);1H. The average Bonchev–Trinajstić information content (AvgIpc) is 2.59. The molecule has 0 aliphatic carbocycles. The van der Waals surface area contributed by atoms with E-state index in [1.165, 1.54) is 0 Å². The Morgan fingerprint density at radius 3 is 2.36 bits per heavy atom. The van der Waals surface area contributed by atoms with Gasteiger partial charge in [0, 0.05) is 27.2 Å². The first-order chi connectivity index (χ1) is 11.6. The summed E-state index contributed by atoms with van der Waals surface area (Å²) >= 11 is 0. The van der Waals surface area contributed by atoms with Crippen LogP contribution in [0.25, 0.3) is 0 Å². The number of carbonyl (C=O) groups excluding carboxylic acids is 1. The summed E-state index contributed by atoms with van der Waals surface area (Å²) in [4.78, 5) is 17.5. The maximum Gasteiger partial charge on any atom is 0.243 e. The number of para-hydroxylation sites is 1. The fourth-order valence-electron chi connectivity index (χ4n) is 1.83. The molecule has 0 aliphatic heterocycles. The van der Waals surface area contributed by atoms with E-state index in [-0.39, 0.29) is 36.4 Å². The topological polar surface area (TPSA) is 66.0 Å². The number of guanidine groups is 1. The van der Waals surface area contributed by atoms with Crippen LogP contribution >= 0.6 is 24.0 Å². The average molecular weight is 462 g/mol. The molecule has 1 rings (SSSR count). The van der Waals surface area contributed by atoms with Gasteiger partial charge in [-0.3, -0.25) is 4.79 Å². The minimum atomic E-state index is -0.0148. The number of likely N-dealkylation sites (N-methyl/N-ethyl adjacent to an activating group) is 1. The highest BCUT2D eigenvalue weighted by molar-refractivity contribution is 14.0. The highest BCUT2D eigenvalue weighted by Gasteiger charge is 2.04. The number of hydrogen-bond acceptors (Lipinski definition) is 3. The highest BCUT2D eigenvalue weighted by atomic mass is 127. The molecule has 6 nitrogen and oxygen atoms in total. The number of nitrogens with zero attached hydrogens (tertiary/aromatic N) is 2. The molecule has 0 aliphatic rings. The van der Waals surface area contributed by atoms with E-state index in [2.05, 4.69) is 22.5 Å². The maximum atomic E-state index is 11.7. The van der Waals surface area contributed by atoms with Crippen LogP contribution in [0.4, 0.5) is 0 Å². The van der Waals surface area contributed by atoms with Gasteiger partial charge in [0.1, 0.15) is 12.3 Å². The van der Waals surface area contributed by atoms with Crippen molar-refractivity contribution in [3.8, 4) is 5.75 Å². The zero-order valence-corrected chi connectivity index (χ0v) is 17.8. The Bertz CT molecular complexity index is 495. The van der Waals surface area contributed by atoms with Crippen LogP contribution in [0.15, 0.2) is 35.3 Å². The summed E-state index contributed by atoms with van der Waals surface area (Å²) in [6, 6.07) is 9.77. The van der Waals surface area contributed by atoms with Gasteiger partial charge in [-0.25, -0.2) is 4.99 Å². The molecule has 0 saturated carbocycles. The normalized spacial score (nSPS) is 10.6. The van der Waals surface area contributed by atoms with Crippen molar-refractivity contribution >= 4 is 35.8 Å². The molecular weight excluding hydrogens is 431 g/mol. The predicted molar refractivity (Wildman–Crippen MR) is 114 cm³/mol. The monoisotopic (exact) mass is 462 g/mol. The second-order valence-electron chi connectivity index (χ2n) is 5.68. The van der Waals surface area contributed by atoms with Gasteiger partial charge >= 0.3 is 0 Å². The SMILES string of the molecule is CCCCNC(=NCC(=O)N(C)C)NCCCOc1ccccc1.I. The lowest BCUT2D eigenvalue weighted by Gasteiger charge is -2.14. The molecule has 1 aromatic carbocycles. The number of halogens is 1. The van der Waals surface area contributed by atoms with E-state index in [4.69, 9.17) is 4.74 Å². The molecule has 1 amide bonds. The fourth-order valence-corrected chi connectivity index (χ4v) is 1.83. The third-order valence-corrected chi connectivity index (χ3v) is 3.32. The molecule has 25 heavy (non-hydrogen) atoms. The van der Waals surface area contributed by atoms with Crippen LogP contribution < -0.4 is 15.4 Å². The van der Waals surface area contributed by atoms with E-state index in [0.717, 1.165) is 38.1 Å². The predicted octanol–water partition coefficient (Wildman–Crippen LogP) is 2.50. The van der Waals surface area contributed by atoms with E-state index >= 15 is 0 Å². The molecule has 142 valence electrons. The van der Waals surface area contributed by atoms with Crippen molar-refractivity contribution in [1.82, 2.24) is 15.5 Å². The summed E-state index contributed by atoms with van der Waals surface area (Å²) in [7, 11) is 3.47. The first kappa shape index (κ1) is 23.5. The molecule has 1 aromatic rings. The van der Waals surface area contributed by atoms with E-state index in [0.29, 0.717) is 12.6 Å². The van der Waals surface area contributed by atoms with Gasteiger partial charge in [-0.2, -0.15) is 0 Å². The van der Waals surface area contributed by atoms with Crippen LogP contribution in [0.2, 0.25) is 0 Å². The molecule has 0 spiro atoms. The van der Waals surface area contributed by atoms with E-state index in [9.17, 15) is 4.79 Å². The number of unbranched alkanes of at least 4 members (excludes halogenated alkanes) is 1. The second-order valence-corrected chi connectivity index (χ2v) is 5.68. The van der Waals surface area contributed by atoms with Gasteiger partial charge < -0.3 is 20.3 Å². The van der Waals surface area contributed by atoms with Crippen molar-refractivity contribution in [2.45, 2.75) is 26.2 Å². The summed E-state index contributed by atoms with van der Waals surface area (Å²) in [5.41, 5.74) is 0. The molecule has 0 aromatic heterocycles. The molecule has 0 bridgehead atoms. The Balaban J connectivity index is 0.00000576. The number of rotatable bonds is 10. The summed E-state index contributed by atoms with van der Waals surface area (Å²) < 4.78 is 5.65. The van der Waals surface area contributed by atoms with E-state index in [1.807, 2.05) is 30.3 Å². The zero-order chi connectivity index (χ0) is 17.6. The minimum absolute atomic E-state index is 0. The lowest BCUT2D eigenvalue weighted by molar-refractivity contribution is -0.127. The van der Waals surface area contributed by atoms with E-state index < -0.39 is 0 Å². The van der Waals surface area contributed by atoms with Gasteiger partial charge in [-0.15, -0.1) is 24.0 Å². The summed E-state index contributed by atoms with van der Waals surface area (Å²) in [6.45, 7) is 4.51. The number of nitrogens with one attached hydrogen (secondary N) is 2. The molecule has 0 heterocycles. The Morgan fingerprint density at radius 2 is 1.76 bits per heavy atom. The van der Waals surface area contributed by atoms with Gasteiger partial charge in [-0.05, 0) is 25.0 Å². The molecule has 0 saturated heterocycles. The number of carbonyl (C=O) groups is 1. The maximum absolute atomic E-state index is 11.7. The number of aliphatic imine (C=N–C) groups is 1. The number of benzene rings is 1. The van der Waals surface area contributed by atoms with Crippen molar-refractivity contribution in [2.24, 2.45) is 4.99 Å². The zero-order valence-electron chi connectivity index (χ0n) is 15.5. The van der Waals surface area contributed by atoms with Crippen LogP contribution in [0, 0.1) is 0 Å². The quantitative estimate of drug-likeness (QED) is 0.243. The van der Waals surface area contributed by atoms with Crippen molar-refractivity contribution in [3.05, 3.63) is 30.3 Å². The molecule has 0 atom stereocenters. The van der Waals surface area contributed by atoms with Crippen molar-refractivity contribution in [1.29, 1.82) is 0 Å². The number of ether oxygens (including phenoxy) is 1. The first-order valence-corrected chi connectivity index (χ1v) is 8.53. The van der Waals surface area contributed by atoms with Crippen molar-refractivity contribution < 1.29 is 9.53 Å².